The fraction of sp³-hybridized carbons (Fsp3) is 0.225. The van der Waals surface area contributed by atoms with Gasteiger partial charge in [-0.3, -0.25) is 0 Å². The number of hydrogen-bond donors (Lipinski definition) is 0. The maximum Gasteiger partial charge on any atom is 0.0714 e. The molecule has 3 aliphatic rings. The van der Waals surface area contributed by atoms with Gasteiger partial charge in [-0.1, -0.05) is 195 Å². The molecule has 0 bridgehead atoms. The Morgan fingerprint density at radius 3 is 1.50 bits per heavy atom. The van der Waals surface area contributed by atoms with Crippen LogP contribution in [0.4, 0.5) is 0 Å². The summed E-state index contributed by atoms with van der Waals surface area (Å²) >= 11 is 0. The van der Waals surface area contributed by atoms with Gasteiger partial charge >= 0.3 is 0 Å². The summed E-state index contributed by atoms with van der Waals surface area (Å²) in [5.74, 6) is 0.878. The van der Waals surface area contributed by atoms with Crippen molar-refractivity contribution in [1.82, 2.24) is 9.13 Å². The first-order valence-electron chi connectivity index (χ1n) is 30.1. The Hall–Kier alpha value is -8.46. The number of aryl methyl sites for hydroxylation is 4. The van der Waals surface area contributed by atoms with Crippen LogP contribution in [-0.2, 0) is 41.9 Å². The molecule has 0 amide bonds. The van der Waals surface area contributed by atoms with Gasteiger partial charge in [0.1, 0.15) is 0 Å². The first-order valence-corrected chi connectivity index (χ1v) is 30.1. The summed E-state index contributed by atoms with van der Waals surface area (Å²) in [6.07, 6.45) is 4.62. The second-order valence-electron chi connectivity index (χ2n) is 26.3. The van der Waals surface area contributed by atoms with Crippen LogP contribution in [0.3, 0.4) is 0 Å². The van der Waals surface area contributed by atoms with Gasteiger partial charge in [-0.25, -0.2) is 0 Å². The molecule has 12 aromatic rings. The van der Waals surface area contributed by atoms with E-state index in [1.54, 1.807) is 0 Å². The minimum Gasteiger partial charge on any atom is -0.309 e. The maximum atomic E-state index is 4.33. The predicted octanol–water partition coefficient (Wildman–Crippen LogP) is 20.7. The first-order chi connectivity index (χ1) is 39.6. The van der Waals surface area contributed by atoms with Crippen molar-refractivity contribution < 1.29 is 0 Å². The monoisotopic (exact) mass is 1060 g/mol. The molecule has 2 aromatic heterocycles. The number of allylic oxidation sites excluding steroid dienone is 1. The van der Waals surface area contributed by atoms with E-state index in [1.165, 1.54) is 151 Å². The molecule has 15 rings (SSSR count). The Bertz CT molecular complexity index is 4600. The minimum atomic E-state index is -0.502. The summed E-state index contributed by atoms with van der Waals surface area (Å²) in [4.78, 5) is 0. The molecule has 0 unspecified atom stereocenters. The standard InChI is InChI=1S/C80H72N2/c1-48(2)53-27-35-76-70(42-53)71-44-57(29-37-77(71)81(76)64-16-12-11-13-17-64)56-28-36-75-69(43-56)68-18-14-15-19-74(68)82(75)65-41-59(40-63(46-65)79(9,10)50(5)6)58-26-33-66-67-34-32-60(78(7,8)49(3)4)47-73(67)80(72(66)45-58,61-30-24-51-20-22-54(51)38-61)62-31-25-52-21-23-55(52)39-62/h11-19,24-47,49-50H,1,20-23H2,2-10H3. The zero-order chi connectivity index (χ0) is 56.1. The first kappa shape index (κ1) is 50.5. The molecule has 2 heteroatoms. The molecule has 0 radical (unpaired) electrons. The third-order valence-corrected chi connectivity index (χ3v) is 20.9. The summed E-state index contributed by atoms with van der Waals surface area (Å²) in [5.41, 5.74) is 30.7. The molecule has 2 heterocycles. The van der Waals surface area contributed by atoms with Crippen LogP contribution in [0.25, 0.3) is 93.9 Å². The summed E-state index contributed by atoms with van der Waals surface area (Å²) < 4.78 is 4.95. The lowest BCUT2D eigenvalue weighted by Crippen LogP contribution is -2.31. The highest BCUT2D eigenvalue weighted by atomic mass is 15.0. The molecule has 10 aromatic carbocycles. The highest BCUT2D eigenvalue weighted by molar-refractivity contribution is 6.13. The van der Waals surface area contributed by atoms with Crippen LogP contribution in [0, 0.1) is 11.8 Å². The van der Waals surface area contributed by atoms with Crippen LogP contribution in [0.1, 0.15) is 124 Å². The van der Waals surface area contributed by atoms with Gasteiger partial charge < -0.3 is 9.13 Å². The average molecular weight is 1060 g/mol. The second kappa shape index (κ2) is 18.3. The van der Waals surface area contributed by atoms with Crippen LogP contribution < -0.4 is 0 Å². The number of para-hydroxylation sites is 2. The van der Waals surface area contributed by atoms with Gasteiger partial charge in [0.25, 0.3) is 0 Å². The SMILES string of the molecule is C=C(C)c1ccc2c(c1)c1cc(-c3ccc4c(c3)c3ccccc3n4-c3cc(-c4ccc5c(c4)C(c4ccc6c(c4)CC6)(c4ccc6c(c4)CC6)c4cc(C(C)(C)C(C)C)ccc4-5)cc(C(C)(C)C(C)C)c3)ccc1n2-c1ccccc1. The van der Waals surface area contributed by atoms with Crippen LogP contribution in [0.15, 0.2) is 207 Å². The molecule has 82 heavy (non-hydrogen) atoms. The van der Waals surface area contributed by atoms with E-state index in [9.17, 15) is 0 Å². The molecule has 0 saturated carbocycles. The zero-order valence-electron chi connectivity index (χ0n) is 49.1. The van der Waals surface area contributed by atoms with Crippen LogP contribution in [-0.4, -0.2) is 9.13 Å². The third kappa shape index (κ3) is 7.39. The lowest BCUT2D eigenvalue weighted by molar-refractivity contribution is 0.372. The summed E-state index contributed by atoms with van der Waals surface area (Å²) in [6.45, 7) is 25.7. The lowest BCUT2D eigenvalue weighted by Gasteiger charge is -2.38. The van der Waals surface area contributed by atoms with Gasteiger partial charge in [-0.05, 0) is 223 Å². The number of rotatable bonds is 11. The zero-order valence-corrected chi connectivity index (χ0v) is 49.1. The molecule has 0 aliphatic heterocycles. The van der Waals surface area contributed by atoms with Crippen molar-refractivity contribution in [3.05, 3.63) is 268 Å². The van der Waals surface area contributed by atoms with E-state index < -0.39 is 5.41 Å². The smallest absolute Gasteiger partial charge is 0.0714 e. The van der Waals surface area contributed by atoms with Crippen molar-refractivity contribution in [2.45, 2.75) is 104 Å². The summed E-state index contributed by atoms with van der Waals surface area (Å²) in [7, 11) is 0. The normalized spacial score (nSPS) is 14.3. The topological polar surface area (TPSA) is 9.86 Å². The molecule has 0 spiro atoms. The molecule has 0 N–H and O–H groups in total. The average Bonchev–Trinajstić information content (AvgIpc) is 2.45. The largest absolute Gasteiger partial charge is 0.309 e. The third-order valence-electron chi connectivity index (χ3n) is 20.9. The van der Waals surface area contributed by atoms with Crippen LogP contribution in [0.5, 0.6) is 0 Å². The van der Waals surface area contributed by atoms with Gasteiger partial charge in [0.2, 0.25) is 0 Å². The van der Waals surface area contributed by atoms with Gasteiger partial charge in [0.15, 0.2) is 0 Å². The molecule has 0 atom stereocenters. The van der Waals surface area contributed by atoms with Crippen LogP contribution in [0.2, 0.25) is 0 Å². The number of benzene rings is 10. The summed E-state index contributed by atoms with van der Waals surface area (Å²) in [6, 6.07) is 78.3. The van der Waals surface area contributed by atoms with Gasteiger partial charge in [-0.15, -0.1) is 0 Å². The molecule has 402 valence electrons. The highest BCUT2D eigenvalue weighted by Crippen LogP contribution is 2.59. The molecule has 2 nitrogen and oxygen atoms in total. The van der Waals surface area contributed by atoms with E-state index >= 15 is 0 Å². The van der Waals surface area contributed by atoms with Crippen molar-refractivity contribution in [2.24, 2.45) is 11.8 Å². The molecule has 0 fully saturated rings. The minimum absolute atomic E-state index is 0.00858. The van der Waals surface area contributed by atoms with Crippen molar-refractivity contribution >= 4 is 49.2 Å². The van der Waals surface area contributed by atoms with Crippen molar-refractivity contribution in [3.8, 4) is 44.8 Å². The Balaban J connectivity index is 0.928. The Morgan fingerprint density at radius 1 is 0.402 bits per heavy atom. The van der Waals surface area contributed by atoms with E-state index in [0.717, 1.165) is 29.7 Å². The Kier molecular flexibility index (Phi) is 11.3. The van der Waals surface area contributed by atoms with E-state index in [0.29, 0.717) is 11.8 Å². The number of aromatic nitrogens is 2. The number of hydrogen-bond acceptors (Lipinski definition) is 0. The Labute approximate surface area is 484 Å². The molecule has 3 aliphatic carbocycles. The fourth-order valence-corrected chi connectivity index (χ4v) is 14.2. The van der Waals surface area contributed by atoms with E-state index in [-0.39, 0.29) is 10.8 Å². The highest BCUT2D eigenvalue weighted by Gasteiger charge is 2.48. The number of fused-ring (bicyclic) bond motifs is 11. The van der Waals surface area contributed by atoms with Crippen molar-refractivity contribution in [1.29, 1.82) is 0 Å². The molecular weight excluding hydrogens is 989 g/mol. The predicted molar refractivity (Wildman–Crippen MR) is 349 cm³/mol. The van der Waals surface area contributed by atoms with E-state index in [1.807, 2.05) is 0 Å². The molecule has 0 saturated heterocycles. The summed E-state index contributed by atoms with van der Waals surface area (Å²) in [5, 5.41) is 4.97. The van der Waals surface area contributed by atoms with E-state index in [4.69, 9.17) is 0 Å². The number of nitrogens with zero attached hydrogens (tertiary/aromatic N) is 2. The van der Waals surface area contributed by atoms with Gasteiger partial charge in [-0.2, -0.15) is 0 Å². The van der Waals surface area contributed by atoms with Crippen LogP contribution >= 0.6 is 0 Å². The quantitative estimate of drug-likeness (QED) is 0.122. The van der Waals surface area contributed by atoms with E-state index in [2.05, 4.69) is 278 Å². The van der Waals surface area contributed by atoms with Gasteiger partial charge in [0, 0.05) is 32.9 Å². The Morgan fingerprint density at radius 2 is 0.902 bits per heavy atom. The lowest BCUT2D eigenvalue weighted by atomic mass is 9.64. The van der Waals surface area contributed by atoms with Crippen molar-refractivity contribution in [2.75, 3.05) is 0 Å². The van der Waals surface area contributed by atoms with Crippen molar-refractivity contribution in [3.63, 3.8) is 0 Å². The maximum absolute atomic E-state index is 4.33. The van der Waals surface area contributed by atoms with Gasteiger partial charge in [0.05, 0.1) is 27.5 Å². The second-order valence-corrected chi connectivity index (χ2v) is 26.3. The molecular formula is C80H72N2. The fourth-order valence-electron chi connectivity index (χ4n) is 14.2.